The van der Waals surface area contributed by atoms with Gasteiger partial charge < -0.3 is 14.9 Å². The van der Waals surface area contributed by atoms with E-state index in [0.717, 1.165) is 4.47 Å². The number of hydrogen-bond acceptors (Lipinski definition) is 3. The number of aliphatic hydroxyl groups excluding tert-OH is 1. The van der Waals surface area contributed by atoms with Crippen LogP contribution < -0.4 is 4.74 Å². The number of rotatable bonds is 4. The van der Waals surface area contributed by atoms with Crippen LogP contribution in [0, 0.1) is 0 Å². The van der Waals surface area contributed by atoms with Gasteiger partial charge in [-0.15, -0.1) is 0 Å². The van der Waals surface area contributed by atoms with Gasteiger partial charge in [-0.2, -0.15) is 0 Å². The molecule has 82 valence electrons. The molecule has 0 aromatic heterocycles. The zero-order valence-electron chi connectivity index (χ0n) is 8.11. The minimum atomic E-state index is -1.02. The molecule has 15 heavy (non-hydrogen) atoms. The van der Waals surface area contributed by atoms with Gasteiger partial charge in [-0.3, -0.25) is 0 Å². The van der Waals surface area contributed by atoms with E-state index in [1.807, 2.05) is 0 Å². The van der Waals surface area contributed by atoms with Crippen LogP contribution in [0.5, 0.6) is 5.75 Å². The molecule has 0 aliphatic rings. The number of halogens is 1. The molecule has 0 saturated heterocycles. The minimum absolute atomic E-state index is 0.126. The van der Waals surface area contributed by atoms with Crippen LogP contribution in [0.2, 0.25) is 0 Å². The third-order valence-electron chi connectivity index (χ3n) is 1.85. The predicted octanol–water partition coefficient (Wildman–Crippen LogP) is 1.79. The summed E-state index contributed by atoms with van der Waals surface area (Å²) >= 11 is 3.25. The fourth-order valence-corrected chi connectivity index (χ4v) is 1.37. The molecule has 1 atom stereocenters. The highest BCUT2D eigenvalue weighted by Crippen LogP contribution is 2.23. The normalized spacial score (nSPS) is 12.2. The first-order chi connectivity index (χ1) is 7.04. The molecule has 1 aromatic rings. The number of hydrogen-bond donors (Lipinski definition) is 2. The van der Waals surface area contributed by atoms with Crippen molar-refractivity contribution in [1.82, 2.24) is 0 Å². The van der Waals surface area contributed by atoms with Crippen molar-refractivity contribution < 1.29 is 19.7 Å². The highest BCUT2D eigenvalue weighted by molar-refractivity contribution is 9.10. The van der Waals surface area contributed by atoms with E-state index in [-0.39, 0.29) is 6.61 Å². The van der Waals surface area contributed by atoms with Gasteiger partial charge in [0.1, 0.15) is 5.75 Å². The molecule has 5 heteroatoms. The number of carboxylic acids is 1. The van der Waals surface area contributed by atoms with Crippen molar-refractivity contribution in [3.05, 3.63) is 28.2 Å². The molecule has 1 unspecified atom stereocenters. The van der Waals surface area contributed by atoms with Gasteiger partial charge in [0.25, 0.3) is 0 Å². The molecule has 4 nitrogen and oxygen atoms in total. The Bertz CT molecular complexity index is 364. The highest BCUT2D eigenvalue weighted by atomic mass is 79.9. The fraction of sp³-hybridized carbons (Fsp3) is 0.300. The maximum Gasteiger partial charge on any atom is 0.344 e. The standard InChI is InChI=1S/C10H11BrO4/c1-6(10(13)14)15-8-2-3-9(11)7(4-8)5-12/h2-4,6,12H,5H2,1H3,(H,13,14). The van der Waals surface area contributed by atoms with E-state index in [0.29, 0.717) is 11.3 Å². The lowest BCUT2D eigenvalue weighted by Gasteiger charge is -2.11. The second-order valence-corrected chi connectivity index (χ2v) is 3.86. The van der Waals surface area contributed by atoms with E-state index in [4.69, 9.17) is 14.9 Å². The van der Waals surface area contributed by atoms with Crippen LogP contribution in [0.15, 0.2) is 22.7 Å². The predicted molar refractivity (Wildman–Crippen MR) is 57.8 cm³/mol. The molecule has 0 saturated carbocycles. The Balaban J connectivity index is 2.83. The summed E-state index contributed by atoms with van der Waals surface area (Å²) in [4.78, 5) is 10.5. The fourth-order valence-electron chi connectivity index (χ4n) is 1.00. The molecule has 0 amide bonds. The summed E-state index contributed by atoms with van der Waals surface area (Å²) in [5, 5.41) is 17.6. The van der Waals surface area contributed by atoms with Crippen molar-refractivity contribution in [3.8, 4) is 5.75 Å². The second-order valence-electron chi connectivity index (χ2n) is 3.01. The molecule has 1 rings (SSSR count). The number of aliphatic hydroxyl groups is 1. The Labute approximate surface area is 95.6 Å². The summed E-state index contributed by atoms with van der Waals surface area (Å²) in [5.41, 5.74) is 0.657. The minimum Gasteiger partial charge on any atom is -0.479 e. The van der Waals surface area contributed by atoms with E-state index in [1.54, 1.807) is 18.2 Å². The van der Waals surface area contributed by atoms with Gasteiger partial charge in [-0.05, 0) is 30.7 Å². The van der Waals surface area contributed by atoms with E-state index in [9.17, 15) is 4.79 Å². The van der Waals surface area contributed by atoms with Crippen molar-refractivity contribution in [3.63, 3.8) is 0 Å². The molecule has 0 radical (unpaired) electrons. The van der Waals surface area contributed by atoms with Crippen LogP contribution in [-0.2, 0) is 11.4 Å². The number of carbonyl (C=O) groups is 1. The molecular formula is C10H11BrO4. The second kappa shape index (κ2) is 5.14. The van der Waals surface area contributed by atoms with Crippen molar-refractivity contribution in [2.45, 2.75) is 19.6 Å². The third-order valence-corrected chi connectivity index (χ3v) is 2.62. The Morgan fingerprint density at radius 3 is 2.80 bits per heavy atom. The van der Waals surface area contributed by atoms with Gasteiger partial charge in [0, 0.05) is 4.47 Å². The SMILES string of the molecule is CC(Oc1ccc(Br)c(CO)c1)C(=O)O. The average molecular weight is 275 g/mol. The Morgan fingerprint density at radius 2 is 2.27 bits per heavy atom. The average Bonchev–Trinajstić information content (AvgIpc) is 2.20. The molecule has 0 spiro atoms. The van der Waals surface area contributed by atoms with Gasteiger partial charge in [0.2, 0.25) is 0 Å². The molecule has 1 aromatic carbocycles. The summed E-state index contributed by atoms with van der Waals surface area (Å²) in [6, 6.07) is 4.95. The van der Waals surface area contributed by atoms with Gasteiger partial charge in [0.05, 0.1) is 6.61 Å². The smallest absolute Gasteiger partial charge is 0.344 e. The lowest BCUT2D eigenvalue weighted by Crippen LogP contribution is -2.22. The lowest BCUT2D eigenvalue weighted by molar-refractivity contribution is -0.144. The van der Waals surface area contributed by atoms with Crippen LogP contribution in [0.25, 0.3) is 0 Å². The van der Waals surface area contributed by atoms with Crippen molar-refractivity contribution in [2.24, 2.45) is 0 Å². The van der Waals surface area contributed by atoms with Crippen LogP contribution in [-0.4, -0.2) is 22.3 Å². The maximum atomic E-state index is 10.5. The molecular weight excluding hydrogens is 264 g/mol. The topological polar surface area (TPSA) is 66.8 Å². The van der Waals surface area contributed by atoms with Gasteiger partial charge in [-0.25, -0.2) is 4.79 Å². The first kappa shape index (κ1) is 12.0. The molecule has 2 N–H and O–H groups in total. The summed E-state index contributed by atoms with van der Waals surface area (Å²) in [7, 11) is 0. The van der Waals surface area contributed by atoms with Gasteiger partial charge in [-0.1, -0.05) is 15.9 Å². The van der Waals surface area contributed by atoms with Crippen molar-refractivity contribution in [1.29, 1.82) is 0 Å². The summed E-state index contributed by atoms with van der Waals surface area (Å²) < 4.78 is 5.91. The number of benzene rings is 1. The third kappa shape index (κ3) is 3.21. The molecule has 0 aliphatic carbocycles. The number of aliphatic carboxylic acids is 1. The van der Waals surface area contributed by atoms with E-state index in [2.05, 4.69) is 15.9 Å². The Kier molecular flexibility index (Phi) is 4.11. The Morgan fingerprint density at radius 1 is 1.60 bits per heavy atom. The highest BCUT2D eigenvalue weighted by Gasteiger charge is 2.12. The summed E-state index contributed by atoms with van der Waals surface area (Å²) in [6.07, 6.45) is -0.905. The Hall–Kier alpha value is -1.07. The first-order valence-electron chi connectivity index (χ1n) is 4.33. The van der Waals surface area contributed by atoms with Crippen molar-refractivity contribution >= 4 is 21.9 Å². The van der Waals surface area contributed by atoms with Crippen LogP contribution >= 0.6 is 15.9 Å². The van der Waals surface area contributed by atoms with E-state index >= 15 is 0 Å². The van der Waals surface area contributed by atoms with Gasteiger partial charge >= 0.3 is 5.97 Å². The van der Waals surface area contributed by atoms with Crippen molar-refractivity contribution in [2.75, 3.05) is 0 Å². The quantitative estimate of drug-likeness (QED) is 0.879. The summed E-state index contributed by atoms with van der Waals surface area (Å²) in [6.45, 7) is 1.32. The van der Waals surface area contributed by atoms with Crippen LogP contribution in [0.1, 0.15) is 12.5 Å². The van der Waals surface area contributed by atoms with E-state index in [1.165, 1.54) is 6.92 Å². The van der Waals surface area contributed by atoms with E-state index < -0.39 is 12.1 Å². The lowest BCUT2D eigenvalue weighted by atomic mass is 10.2. The molecule has 0 heterocycles. The first-order valence-corrected chi connectivity index (χ1v) is 5.12. The monoisotopic (exact) mass is 274 g/mol. The zero-order chi connectivity index (χ0) is 11.4. The zero-order valence-corrected chi connectivity index (χ0v) is 9.69. The maximum absolute atomic E-state index is 10.5. The molecule has 0 fully saturated rings. The number of ether oxygens (including phenoxy) is 1. The van der Waals surface area contributed by atoms with Gasteiger partial charge in [0.15, 0.2) is 6.10 Å². The molecule has 0 bridgehead atoms. The van der Waals surface area contributed by atoms with Crippen LogP contribution in [0.4, 0.5) is 0 Å². The van der Waals surface area contributed by atoms with Crippen LogP contribution in [0.3, 0.4) is 0 Å². The summed E-state index contributed by atoms with van der Waals surface area (Å²) in [5.74, 6) is -0.597. The molecule has 0 aliphatic heterocycles. The number of carboxylic acid groups (broad SMARTS) is 1. The largest absolute Gasteiger partial charge is 0.479 e.